The van der Waals surface area contributed by atoms with Gasteiger partial charge in [0.15, 0.2) is 0 Å². The molecule has 0 spiro atoms. The number of carbonyl (C=O) groups excluding carboxylic acids is 2. The Balaban J connectivity index is 1.47. The number of carbonyl (C=O) groups is 2. The fourth-order valence-electron chi connectivity index (χ4n) is 3.35. The maximum Gasteiger partial charge on any atom is 0.257 e. The number of amides is 2. The molecule has 156 valence electrons. The molecule has 1 aliphatic heterocycles. The van der Waals surface area contributed by atoms with Crippen LogP contribution in [0.4, 0.5) is 8.78 Å². The number of hydrogen-bond acceptors (Lipinski definition) is 6. The fourth-order valence-corrected chi connectivity index (χ4v) is 3.35. The van der Waals surface area contributed by atoms with Crippen LogP contribution in [0, 0.1) is 11.6 Å². The molecule has 2 aromatic heterocycles. The van der Waals surface area contributed by atoms with E-state index in [4.69, 9.17) is 0 Å². The number of halogens is 2. The highest BCUT2D eigenvalue weighted by Gasteiger charge is 2.28. The molecule has 0 N–H and O–H groups in total. The number of aryl methyl sites for hydroxylation is 1. The average Bonchev–Trinajstić information content (AvgIpc) is 3.37. The van der Waals surface area contributed by atoms with Crippen LogP contribution in [0.5, 0.6) is 0 Å². The first-order chi connectivity index (χ1) is 14.4. The number of piperazine rings is 1. The Morgan fingerprint density at radius 2 is 1.83 bits per heavy atom. The van der Waals surface area contributed by atoms with Gasteiger partial charge < -0.3 is 9.80 Å². The molecule has 10 nitrogen and oxygen atoms in total. The van der Waals surface area contributed by atoms with E-state index in [0.29, 0.717) is 26.2 Å². The summed E-state index contributed by atoms with van der Waals surface area (Å²) in [5.41, 5.74) is 0.421. The lowest BCUT2D eigenvalue weighted by Gasteiger charge is -2.34. The van der Waals surface area contributed by atoms with Crippen molar-refractivity contribution in [2.45, 2.75) is 6.54 Å². The number of tetrazole rings is 1. The van der Waals surface area contributed by atoms with Crippen molar-refractivity contribution in [3.05, 3.63) is 47.9 Å². The van der Waals surface area contributed by atoms with Crippen molar-refractivity contribution in [2.24, 2.45) is 7.05 Å². The molecule has 0 atom stereocenters. The predicted octanol–water partition coefficient (Wildman–Crippen LogP) is 0.336. The van der Waals surface area contributed by atoms with E-state index < -0.39 is 11.6 Å². The van der Waals surface area contributed by atoms with Crippen molar-refractivity contribution < 1.29 is 18.4 Å². The second-order valence-electron chi connectivity index (χ2n) is 6.87. The maximum absolute atomic E-state index is 14.3. The van der Waals surface area contributed by atoms with Crippen molar-refractivity contribution in [1.82, 2.24) is 39.8 Å². The Kier molecular flexibility index (Phi) is 5.21. The zero-order chi connectivity index (χ0) is 21.3. The lowest BCUT2D eigenvalue weighted by atomic mass is 10.1. The van der Waals surface area contributed by atoms with E-state index in [1.165, 1.54) is 28.0 Å². The minimum Gasteiger partial charge on any atom is -0.338 e. The van der Waals surface area contributed by atoms with Gasteiger partial charge in [-0.25, -0.2) is 13.5 Å². The van der Waals surface area contributed by atoms with E-state index in [1.54, 1.807) is 16.8 Å². The quantitative estimate of drug-likeness (QED) is 0.608. The van der Waals surface area contributed by atoms with Crippen molar-refractivity contribution in [1.29, 1.82) is 0 Å². The molecule has 3 heterocycles. The third kappa shape index (κ3) is 3.88. The van der Waals surface area contributed by atoms with Crippen LogP contribution >= 0.6 is 0 Å². The number of hydrogen-bond donors (Lipinski definition) is 0. The van der Waals surface area contributed by atoms with Crippen LogP contribution in [0.3, 0.4) is 0 Å². The lowest BCUT2D eigenvalue weighted by molar-refractivity contribution is -0.133. The van der Waals surface area contributed by atoms with Crippen LogP contribution in [-0.4, -0.2) is 77.8 Å². The molecule has 1 aromatic carbocycles. The SMILES string of the molecule is Cn1cc(C(=O)N2CCN(C(=O)Cn3cnnn3)CC2)c(-c2ccc(F)cc2F)n1. The summed E-state index contributed by atoms with van der Waals surface area (Å²) in [6.07, 6.45) is 2.87. The molecule has 0 aliphatic carbocycles. The zero-order valence-corrected chi connectivity index (χ0v) is 16.1. The fraction of sp³-hybridized carbons (Fsp3) is 0.333. The van der Waals surface area contributed by atoms with Crippen LogP contribution in [0.1, 0.15) is 10.4 Å². The molecule has 1 fully saturated rings. The van der Waals surface area contributed by atoms with E-state index >= 15 is 0 Å². The van der Waals surface area contributed by atoms with Crippen molar-refractivity contribution >= 4 is 11.8 Å². The first-order valence-electron chi connectivity index (χ1n) is 9.19. The normalized spacial score (nSPS) is 14.2. The number of rotatable bonds is 4. The van der Waals surface area contributed by atoms with Gasteiger partial charge >= 0.3 is 0 Å². The molecule has 4 rings (SSSR count). The Bertz CT molecular complexity index is 1070. The van der Waals surface area contributed by atoms with Gasteiger partial charge in [0.25, 0.3) is 5.91 Å². The molecule has 30 heavy (non-hydrogen) atoms. The van der Waals surface area contributed by atoms with Gasteiger partial charge in [0.1, 0.15) is 30.2 Å². The van der Waals surface area contributed by atoms with Gasteiger partial charge in [-0.2, -0.15) is 5.10 Å². The minimum atomic E-state index is -0.791. The Morgan fingerprint density at radius 1 is 1.10 bits per heavy atom. The molecule has 12 heteroatoms. The molecule has 2 amide bonds. The second kappa shape index (κ2) is 7.97. The lowest BCUT2D eigenvalue weighted by Crippen LogP contribution is -2.51. The summed E-state index contributed by atoms with van der Waals surface area (Å²) >= 11 is 0. The molecule has 0 unspecified atom stereocenters. The summed E-state index contributed by atoms with van der Waals surface area (Å²) in [6, 6.07) is 3.14. The first-order valence-corrected chi connectivity index (χ1v) is 9.19. The molecular weight excluding hydrogens is 398 g/mol. The highest BCUT2D eigenvalue weighted by atomic mass is 19.1. The molecule has 1 saturated heterocycles. The van der Waals surface area contributed by atoms with Crippen molar-refractivity contribution in [3.63, 3.8) is 0 Å². The minimum absolute atomic E-state index is 0.0253. The molecule has 0 saturated carbocycles. The van der Waals surface area contributed by atoms with E-state index in [0.717, 1.165) is 12.1 Å². The van der Waals surface area contributed by atoms with E-state index in [-0.39, 0.29) is 35.2 Å². The molecular formula is C18H18F2N8O2. The predicted molar refractivity (Wildman–Crippen MR) is 98.9 cm³/mol. The van der Waals surface area contributed by atoms with E-state index in [9.17, 15) is 18.4 Å². The average molecular weight is 416 g/mol. The monoisotopic (exact) mass is 416 g/mol. The Hall–Kier alpha value is -3.70. The second-order valence-corrected chi connectivity index (χ2v) is 6.87. The maximum atomic E-state index is 14.3. The van der Waals surface area contributed by atoms with Gasteiger partial charge in [0.2, 0.25) is 5.91 Å². The summed E-state index contributed by atoms with van der Waals surface area (Å²) in [6.45, 7) is 1.37. The van der Waals surface area contributed by atoms with Crippen LogP contribution in [-0.2, 0) is 18.4 Å². The van der Waals surface area contributed by atoms with Gasteiger partial charge in [-0.3, -0.25) is 14.3 Å². The molecule has 0 bridgehead atoms. The largest absolute Gasteiger partial charge is 0.338 e. The number of aromatic nitrogens is 6. The number of nitrogens with zero attached hydrogens (tertiary/aromatic N) is 8. The third-order valence-electron chi connectivity index (χ3n) is 4.85. The standard InChI is InChI=1S/C18H18F2N8O2/c1-25-9-14(17(22-25)13-3-2-12(19)8-15(13)20)18(30)27-6-4-26(5-7-27)16(29)10-28-11-21-23-24-28/h2-3,8-9,11H,4-7,10H2,1H3. The first kappa shape index (κ1) is 19.6. The van der Waals surface area contributed by atoms with Crippen molar-refractivity contribution in [2.75, 3.05) is 26.2 Å². The summed E-state index contributed by atoms with van der Waals surface area (Å²) in [5.74, 6) is -1.97. The third-order valence-corrected chi connectivity index (χ3v) is 4.85. The smallest absolute Gasteiger partial charge is 0.257 e. The van der Waals surface area contributed by atoms with Gasteiger partial charge in [0.05, 0.1) is 5.56 Å². The highest BCUT2D eigenvalue weighted by Crippen LogP contribution is 2.26. The van der Waals surface area contributed by atoms with E-state index in [2.05, 4.69) is 20.6 Å². The highest BCUT2D eigenvalue weighted by molar-refractivity contribution is 6.00. The Labute approximate surface area is 169 Å². The zero-order valence-electron chi connectivity index (χ0n) is 16.1. The van der Waals surface area contributed by atoms with Gasteiger partial charge in [0, 0.05) is 51.1 Å². The van der Waals surface area contributed by atoms with E-state index in [1.807, 2.05) is 0 Å². The molecule has 1 aliphatic rings. The summed E-state index contributed by atoms with van der Waals surface area (Å²) in [4.78, 5) is 28.6. The molecule has 0 radical (unpaired) electrons. The molecule has 3 aromatic rings. The van der Waals surface area contributed by atoms with Gasteiger partial charge in [-0.1, -0.05) is 0 Å². The van der Waals surface area contributed by atoms with Crippen LogP contribution < -0.4 is 0 Å². The summed E-state index contributed by atoms with van der Waals surface area (Å²) in [7, 11) is 1.62. The van der Waals surface area contributed by atoms with Crippen molar-refractivity contribution in [3.8, 4) is 11.3 Å². The van der Waals surface area contributed by atoms with Gasteiger partial charge in [-0.05, 0) is 22.6 Å². The van der Waals surface area contributed by atoms with Crippen LogP contribution in [0.2, 0.25) is 0 Å². The van der Waals surface area contributed by atoms with Gasteiger partial charge in [-0.15, -0.1) is 5.10 Å². The summed E-state index contributed by atoms with van der Waals surface area (Å²) in [5, 5.41) is 14.8. The topological polar surface area (TPSA) is 102 Å². The van der Waals surface area contributed by atoms with Crippen LogP contribution in [0.15, 0.2) is 30.7 Å². The van der Waals surface area contributed by atoms with Crippen LogP contribution in [0.25, 0.3) is 11.3 Å². The Morgan fingerprint density at radius 3 is 2.50 bits per heavy atom. The summed E-state index contributed by atoms with van der Waals surface area (Å²) < 4.78 is 30.3. The number of benzene rings is 1.